The topological polar surface area (TPSA) is 75.9 Å². The summed E-state index contributed by atoms with van der Waals surface area (Å²) in [6.07, 6.45) is 5.09. The van der Waals surface area contributed by atoms with Crippen LogP contribution in [0.3, 0.4) is 0 Å². The molecule has 5 rings (SSSR count). The van der Waals surface area contributed by atoms with E-state index in [1.165, 1.54) is 48.3 Å². The second-order valence-corrected chi connectivity index (χ2v) is 11.4. The third-order valence-electron chi connectivity index (χ3n) is 7.60. The molecule has 0 unspecified atom stereocenters. The zero-order valence-electron chi connectivity index (χ0n) is 20.2. The summed E-state index contributed by atoms with van der Waals surface area (Å²) < 4.78 is 29.4. The Balaban J connectivity index is 1.45. The van der Waals surface area contributed by atoms with Crippen molar-refractivity contribution in [2.75, 3.05) is 13.1 Å². The second kappa shape index (κ2) is 9.00. The number of benzene rings is 1. The molecule has 2 aliphatic heterocycles. The van der Waals surface area contributed by atoms with Gasteiger partial charge in [-0.1, -0.05) is 30.8 Å². The van der Waals surface area contributed by atoms with Gasteiger partial charge in [-0.2, -0.15) is 0 Å². The summed E-state index contributed by atoms with van der Waals surface area (Å²) in [6, 6.07) is 7.27. The van der Waals surface area contributed by atoms with Crippen LogP contribution in [0.2, 0.25) is 0 Å². The molecule has 1 aromatic heterocycles. The first-order chi connectivity index (χ1) is 17.2. The number of pyridine rings is 1. The summed E-state index contributed by atoms with van der Waals surface area (Å²) in [5, 5.41) is 0.264. The van der Waals surface area contributed by atoms with Gasteiger partial charge in [-0.05, 0) is 61.9 Å². The second-order valence-electron chi connectivity index (χ2n) is 10.1. The van der Waals surface area contributed by atoms with Gasteiger partial charge in [0.15, 0.2) is 5.17 Å². The van der Waals surface area contributed by atoms with Gasteiger partial charge in [0.2, 0.25) is 11.6 Å². The van der Waals surface area contributed by atoms with Crippen LogP contribution in [0, 0.1) is 24.2 Å². The molecule has 1 aromatic carbocycles. The first-order valence-electron chi connectivity index (χ1n) is 12.0. The molecule has 36 heavy (non-hydrogen) atoms. The molecule has 9 heteroatoms. The van der Waals surface area contributed by atoms with Crippen molar-refractivity contribution in [1.29, 1.82) is 0 Å². The lowest BCUT2D eigenvalue weighted by molar-refractivity contribution is -0.133. The number of likely N-dealkylation sites (tertiary alicyclic amines) is 1. The third-order valence-corrected chi connectivity index (χ3v) is 8.89. The maximum absolute atomic E-state index is 15.2. The monoisotopic (exact) mass is 507 g/mol. The van der Waals surface area contributed by atoms with E-state index in [9.17, 15) is 9.18 Å². The average molecular weight is 508 g/mol. The van der Waals surface area contributed by atoms with Gasteiger partial charge in [-0.3, -0.25) is 14.8 Å². The van der Waals surface area contributed by atoms with Gasteiger partial charge in [0, 0.05) is 30.8 Å². The number of amidine groups is 1. The van der Waals surface area contributed by atoms with Crippen molar-refractivity contribution in [3.8, 4) is 0 Å². The number of carbonyl (C=O) groups excluding carboxylic acids is 1. The fraction of sp³-hybridized carbons (Fsp3) is 0.407. The number of nitrogens with two attached hydrogens (primary N) is 1. The lowest BCUT2D eigenvalue weighted by atomic mass is 9.84. The number of aromatic nitrogens is 1. The Labute approximate surface area is 213 Å². The molecule has 6 nitrogen and oxygen atoms in total. The van der Waals surface area contributed by atoms with Crippen molar-refractivity contribution >= 4 is 40.4 Å². The number of hydrogen-bond donors (Lipinski definition) is 1. The molecule has 3 atom stereocenters. The molecule has 2 fully saturated rings. The van der Waals surface area contributed by atoms with Crippen LogP contribution in [-0.4, -0.2) is 38.8 Å². The van der Waals surface area contributed by atoms with E-state index in [1.54, 1.807) is 6.07 Å². The van der Waals surface area contributed by atoms with Gasteiger partial charge in [-0.25, -0.2) is 13.6 Å². The lowest BCUT2D eigenvalue weighted by Crippen LogP contribution is -2.48. The predicted octanol–water partition coefficient (Wildman–Crippen LogP) is 5.53. The highest BCUT2D eigenvalue weighted by atomic mass is 32.2. The Kier molecular flexibility index (Phi) is 6.11. The Morgan fingerprint density at radius 1 is 1.31 bits per heavy atom. The molecule has 186 valence electrons. The summed E-state index contributed by atoms with van der Waals surface area (Å²) in [4.78, 5) is 27.4. The molecule has 1 aliphatic carbocycles. The summed E-state index contributed by atoms with van der Waals surface area (Å²) in [5.74, 6) is -0.631. The fourth-order valence-electron chi connectivity index (χ4n) is 5.37. The van der Waals surface area contributed by atoms with Crippen LogP contribution in [0.5, 0.6) is 0 Å². The molecule has 0 spiro atoms. The van der Waals surface area contributed by atoms with Gasteiger partial charge in [0.1, 0.15) is 16.4 Å². The number of hydrogen-bond acceptors (Lipinski definition) is 5. The minimum absolute atomic E-state index is 0.0601. The van der Waals surface area contributed by atoms with Gasteiger partial charge >= 0.3 is 0 Å². The number of piperidine rings is 1. The van der Waals surface area contributed by atoms with Crippen LogP contribution in [0.25, 0.3) is 16.7 Å². The zero-order valence-corrected chi connectivity index (χ0v) is 21.0. The lowest BCUT2D eigenvalue weighted by Gasteiger charge is -2.37. The summed E-state index contributed by atoms with van der Waals surface area (Å²) in [6.45, 7) is 12.5. The molecule has 0 bridgehead atoms. The smallest absolute Gasteiger partial charge is 0.239 e. The Morgan fingerprint density at radius 3 is 2.72 bits per heavy atom. The molecule has 3 heterocycles. The third kappa shape index (κ3) is 4.17. The van der Waals surface area contributed by atoms with Crippen LogP contribution in [0.4, 0.5) is 14.5 Å². The minimum atomic E-state index is -1.05. The van der Waals surface area contributed by atoms with E-state index in [1.807, 2.05) is 11.8 Å². The number of fused-ring (bicyclic) bond motifs is 1. The largest absolute Gasteiger partial charge is 0.378 e. The maximum atomic E-state index is 15.2. The zero-order chi connectivity index (χ0) is 25.7. The number of aliphatic imine (C=N–C) groups is 1. The summed E-state index contributed by atoms with van der Waals surface area (Å²) in [5.41, 5.74) is 6.30. The molecular weight excluding hydrogens is 480 g/mol. The normalized spacial score (nSPS) is 28.2. The van der Waals surface area contributed by atoms with E-state index in [0.29, 0.717) is 23.6 Å². The molecule has 3 aliphatic rings. The Bertz CT molecular complexity index is 1310. The van der Waals surface area contributed by atoms with Gasteiger partial charge in [0.25, 0.3) is 0 Å². The highest BCUT2D eigenvalue weighted by Gasteiger charge is 2.71. The van der Waals surface area contributed by atoms with Gasteiger partial charge < -0.3 is 10.6 Å². The van der Waals surface area contributed by atoms with Crippen molar-refractivity contribution in [3.63, 3.8) is 0 Å². The van der Waals surface area contributed by atoms with E-state index < -0.39 is 21.9 Å². The van der Waals surface area contributed by atoms with Crippen molar-refractivity contribution in [2.24, 2.45) is 22.6 Å². The summed E-state index contributed by atoms with van der Waals surface area (Å²) >= 11 is 1.30. The van der Waals surface area contributed by atoms with Crippen molar-refractivity contribution < 1.29 is 13.6 Å². The molecule has 2 aromatic rings. The van der Waals surface area contributed by atoms with E-state index in [2.05, 4.69) is 21.7 Å². The standard InChI is InChI=1S/C27H27F2N5OS/c1-16-8-10-34(11-9-16)24(35)27-14-23(27)26(2,33-25(30)36-27)19-12-17(4-6-20(19)28)13-21(29)22-7-5-18(31-3)15-32-22/h4-7,12-13,15-16,23H,8-11,14H2,1-2H3,(H2,30,33)/b21-13-/t23-,26+,27-/m0/s1. The van der Waals surface area contributed by atoms with Crippen molar-refractivity contribution in [2.45, 2.75) is 43.4 Å². The van der Waals surface area contributed by atoms with Crippen LogP contribution in [0.15, 0.2) is 41.5 Å². The first-order valence-corrected chi connectivity index (χ1v) is 12.8. The fourth-order valence-corrected chi connectivity index (χ4v) is 6.81. The maximum Gasteiger partial charge on any atom is 0.239 e. The number of rotatable bonds is 4. The van der Waals surface area contributed by atoms with Crippen LogP contribution < -0.4 is 5.73 Å². The minimum Gasteiger partial charge on any atom is -0.378 e. The summed E-state index contributed by atoms with van der Waals surface area (Å²) in [7, 11) is 0. The Morgan fingerprint density at radius 2 is 2.06 bits per heavy atom. The van der Waals surface area contributed by atoms with Crippen molar-refractivity contribution in [3.05, 3.63) is 70.6 Å². The molecular formula is C27H27F2N5OS. The van der Waals surface area contributed by atoms with E-state index in [-0.39, 0.29) is 28.3 Å². The molecule has 2 N–H and O–H groups in total. The molecule has 1 amide bonds. The molecule has 1 saturated carbocycles. The SMILES string of the molecule is [C-]#[N+]c1ccc(/C(F)=C/c2ccc(F)c([C@@]3(C)N=C(N)S[C@@]4(C(=O)N5CCC(C)CC5)C[C@H]43)c2)nc1. The highest BCUT2D eigenvalue weighted by Crippen LogP contribution is 2.66. The van der Waals surface area contributed by atoms with E-state index in [0.717, 1.165) is 25.9 Å². The van der Waals surface area contributed by atoms with Gasteiger partial charge in [0.05, 0.1) is 17.8 Å². The van der Waals surface area contributed by atoms with Crippen LogP contribution in [-0.2, 0) is 10.3 Å². The Hall–Kier alpha value is -3.25. The number of thioether (sulfide) groups is 1. The molecule has 1 saturated heterocycles. The van der Waals surface area contributed by atoms with Gasteiger partial charge in [-0.15, -0.1) is 0 Å². The number of carbonyl (C=O) groups is 1. The van der Waals surface area contributed by atoms with E-state index >= 15 is 4.39 Å². The van der Waals surface area contributed by atoms with Crippen molar-refractivity contribution in [1.82, 2.24) is 9.88 Å². The number of amides is 1. The van der Waals surface area contributed by atoms with Crippen LogP contribution >= 0.6 is 11.8 Å². The first kappa shape index (κ1) is 24.4. The number of halogens is 2. The predicted molar refractivity (Wildman–Crippen MR) is 138 cm³/mol. The quantitative estimate of drug-likeness (QED) is 0.552. The van der Waals surface area contributed by atoms with Crippen LogP contribution in [0.1, 0.15) is 49.9 Å². The van der Waals surface area contributed by atoms with E-state index in [4.69, 9.17) is 12.3 Å². The number of nitrogens with zero attached hydrogens (tertiary/aromatic N) is 4. The highest BCUT2D eigenvalue weighted by molar-refractivity contribution is 8.15. The molecule has 0 radical (unpaired) electrons. The average Bonchev–Trinajstić information content (AvgIpc) is 3.62.